The first-order valence-electron chi connectivity index (χ1n) is 4.55. The lowest BCUT2D eigenvalue weighted by Crippen LogP contribution is -2.26. The molecule has 2 atom stereocenters. The molecule has 0 spiro atoms. The summed E-state index contributed by atoms with van der Waals surface area (Å²) in [4.78, 5) is 14.7. The first-order chi connectivity index (χ1) is 7.16. The van der Waals surface area contributed by atoms with Gasteiger partial charge in [0.15, 0.2) is 0 Å². The summed E-state index contributed by atoms with van der Waals surface area (Å²) in [5, 5.41) is 9.47. The van der Waals surface area contributed by atoms with Crippen molar-refractivity contribution in [3.8, 4) is 0 Å². The van der Waals surface area contributed by atoms with Gasteiger partial charge in [0.1, 0.15) is 6.10 Å². The van der Waals surface area contributed by atoms with E-state index in [1.165, 1.54) is 18.5 Å². The Labute approximate surface area is 86.7 Å². The van der Waals surface area contributed by atoms with Gasteiger partial charge in [-0.2, -0.15) is 0 Å². The first kappa shape index (κ1) is 11.6. The molecule has 0 aromatic carbocycles. The van der Waals surface area contributed by atoms with Gasteiger partial charge in [0.2, 0.25) is 6.17 Å². The van der Waals surface area contributed by atoms with Crippen molar-refractivity contribution >= 4 is 5.97 Å². The van der Waals surface area contributed by atoms with Gasteiger partial charge in [0.05, 0.1) is 6.61 Å². The Morgan fingerprint density at radius 3 is 3.00 bits per heavy atom. The summed E-state index contributed by atoms with van der Waals surface area (Å²) in [6, 6.07) is 3.04. The molecule has 0 aliphatic carbocycles. The third kappa shape index (κ3) is 2.99. The van der Waals surface area contributed by atoms with Crippen LogP contribution in [0.2, 0.25) is 0 Å². The lowest BCUT2D eigenvalue weighted by atomic mass is 10.1. The Bertz CT molecular complexity index is 318. The molecule has 1 heterocycles. The molecule has 0 bridgehead atoms. The average Bonchev–Trinajstić information content (AvgIpc) is 2.28. The van der Waals surface area contributed by atoms with Crippen LogP contribution in [0.1, 0.15) is 18.6 Å². The number of ether oxygens (including phenoxy) is 1. The zero-order valence-corrected chi connectivity index (χ0v) is 8.26. The van der Waals surface area contributed by atoms with Crippen molar-refractivity contribution in [1.82, 2.24) is 4.98 Å². The fraction of sp³-hybridized carbons (Fsp3) is 0.400. The minimum absolute atomic E-state index is 0.0824. The quantitative estimate of drug-likeness (QED) is 0.758. The number of rotatable bonds is 4. The van der Waals surface area contributed by atoms with Crippen molar-refractivity contribution in [1.29, 1.82) is 0 Å². The van der Waals surface area contributed by atoms with Gasteiger partial charge in [0.25, 0.3) is 0 Å². The van der Waals surface area contributed by atoms with Crippen LogP contribution in [0.15, 0.2) is 24.5 Å². The molecule has 0 aliphatic rings. The summed E-state index contributed by atoms with van der Waals surface area (Å²) in [6.45, 7) is 1.65. The van der Waals surface area contributed by atoms with E-state index in [1.807, 2.05) is 0 Å². The van der Waals surface area contributed by atoms with E-state index in [4.69, 9.17) is 0 Å². The highest BCUT2D eigenvalue weighted by Crippen LogP contribution is 2.19. The van der Waals surface area contributed by atoms with E-state index in [2.05, 4.69) is 9.72 Å². The number of hydrogen-bond acceptors (Lipinski definition) is 4. The van der Waals surface area contributed by atoms with E-state index in [1.54, 1.807) is 13.0 Å². The highest BCUT2D eigenvalue weighted by atomic mass is 19.1. The monoisotopic (exact) mass is 213 g/mol. The lowest BCUT2D eigenvalue weighted by molar-refractivity contribution is -0.153. The van der Waals surface area contributed by atoms with Gasteiger partial charge >= 0.3 is 5.97 Å². The molecule has 4 nitrogen and oxygen atoms in total. The van der Waals surface area contributed by atoms with Gasteiger partial charge < -0.3 is 9.84 Å². The van der Waals surface area contributed by atoms with Gasteiger partial charge in [-0.1, -0.05) is 6.07 Å². The molecule has 5 heteroatoms. The van der Waals surface area contributed by atoms with Crippen LogP contribution in [-0.4, -0.2) is 28.8 Å². The van der Waals surface area contributed by atoms with E-state index in [9.17, 15) is 14.3 Å². The Kier molecular flexibility index (Phi) is 4.17. The highest BCUT2D eigenvalue weighted by molar-refractivity contribution is 5.75. The maximum absolute atomic E-state index is 13.3. The standard InChI is InChI=1S/C10H12FNO3/c1-2-15-10(14)8(11)9(13)7-4-3-5-12-6-7/h3-6,8-9,13H,2H2,1H3/t8-,9+/m1/s1. The Morgan fingerprint density at radius 1 is 1.73 bits per heavy atom. The van der Waals surface area contributed by atoms with Crippen LogP contribution in [0.25, 0.3) is 0 Å². The van der Waals surface area contributed by atoms with E-state index in [0.29, 0.717) is 0 Å². The van der Waals surface area contributed by atoms with Crippen LogP contribution in [0.5, 0.6) is 0 Å². The molecule has 0 unspecified atom stereocenters. The molecule has 0 saturated carbocycles. The van der Waals surface area contributed by atoms with Crippen LogP contribution in [0.4, 0.5) is 4.39 Å². The van der Waals surface area contributed by atoms with Crippen molar-refractivity contribution in [3.05, 3.63) is 30.1 Å². The molecule has 82 valence electrons. The van der Waals surface area contributed by atoms with Crippen LogP contribution < -0.4 is 0 Å². The lowest BCUT2D eigenvalue weighted by Gasteiger charge is -2.14. The fourth-order valence-electron chi connectivity index (χ4n) is 1.07. The Morgan fingerprint density at radius 2 is 2.47 bits per heavy atom. The summed E-state index contributed by atoms with van der Waals surface area (Å²) in [6.07, 6.45) is -0.809. The number of esters is 1. The largest absolute Gasteiger partial charge is 0.464 e. The van der Waals surface area contributed by atoms with E-state index >= 15 is 0 Å². The van der Waals surface area contributed by atoms with Crippen molar-refractivity contribution < 1.29 is 19.0 Å². The second kappa shape index (κ2) is 5.41. The van der Waals surface area contributed by atoms with E-state index in [0.717, 1.165) is 0 Å². The van der Waals surface area contributed by atoms with E-state index in [-0.39, 0.29) is 12.2 Å². The number of hydrogen-bond donors (Lipinski definition) is 1. The summed E-state index contributed by atoms with van der Waals surface area (Å²) in [5.41, 5.74) is 0.248. The molecular formula is C10H12FNO3. The summed E-state index contributed by atoms with van der Waals surface area (Å²) >= 11 is 0. The van der Waals surface area contributed by atoms with Gasteiger partial charge in [-0.3, -0.25) is 4.98 Å². The van der Waals surface area contributed by atoms with Gasteiger partial charge in [0, 0.05) is 18.0 Å². The Balaban J connectivity index is 2.68. The van der Waals surface area contributed by atoms with Crippen LogP contribution in [0.3, 0.4) is 0 Å². The van der Waals surface area contributed by atoms with Crippen molar-refractivity contribution in [3.63, 3.8) is 0 Å². The van der Waals surface area contributed by atoms with Crippen LogP contribution in [0, 0.1) is 0 Å². The molecule has 0 saturated heterocycles. The van der Waals surface area contributed by atoms with E-state index < -0.39 is 18.2 Å². The molecule has 15 heavy (non-hydrogen) atoms. The molecule has 0 fully saturated rings. The number of aliphatic hydroxyl groups is 1. The Hall–Kier alpha value is -1.49. The average molecular weight is 213 g/mol. The molecule has 1 N–H and O–H groups in total. The molecule has 0 radical (unpaired) electrons. The van der Waals surface area contributed by atoms with Crippen LogP contribution >= 0.6 is 0 Å². The number of halogens is 1. The minimum atomic E-state index is -2.07. The molecule has 1 rings (SSSR count). The van der Waals surface area contributed by atoms with Gasteiger partial charge in [-0.15, -0.1) is 0 Å². The third-order valence-corrected chi connectivity index (χ3v) is 1.81. The van der Waals surface area contributed by atoms with Crippen molar-refractivity contribution in [2.75, 3.05) is 6.61 Å². The zero-order chi connectivity index (χ0) is 11.3. The number of aliphatic hydroxyl groups excluding tert-OH is 1. The van der Waals surface area contributed by atoms with Gasteiger partial charge in [-0.25, -0.2) is 9.18 Å². The smallest absolute Gasteiger partial charge is 0.343 e. The number of alkyl halides is 1. The fourth-order valence-corrected chi connectivity index (χ4v) is 1.07. The summed E-state index contributed by atoms with van der Waals surface area (Å²) in [7, 11) is 0. The third-order valence-electron chi connectivity index (χ3n) is 1.81. The predicted octanol–water partition coefficient (Wildman–Crippen LogP) is 1.02. The summed E-state index contributed by atoms with van der Waals surface area (Å²) < 4.78 is 17.8. The number of carbonyl (C=O) groups is 1. The second-order valence-electron chi connectivity index (χ2n) is 2.89. The molecule has 1 aromatic rings. The topological polar surface area (TPSA) is 59.4 Å². The number of carbonyl (C=O) groups excluding carboxylic acids is 1. The SMILES string of the molecule is CCOC(=O)[C@H](F)[C@@H](O)c1cccnc1. The summed E-state index contributed by atoms with van der Waals surface area (Å²) in [5.74, 6) is -1.06. The second-order valence-corrected chi connectivity index (χ2v) is 2.89. The van der Waals surface area contributed by atoms with Crippen LogP contribution in [-0.2, 0) is 9.53 Å². The van der Waals surface area contributed by atoms with Gasteiger partial charge in [-0.05, 0) is 13.0 Å². The number of nitrogens with zero attached hydrogens (tertiary/aromatic N) is 1. The normalized spacial score (nSPS) is 14.3. The first-order valence-corrected chi connectivity index (χ1v) is 4.55. The maximum atomic E-state index is 13.3. The van der Waals surface area contributed by atoms with Crippen molar-refractivity contribution in [2.45, 2.75) is 19.2 Å². The number of aromatic nitrogens is 1. The maximum Gasteiger partial charge on any atom is 0.343 e. The molecule has 0 aliphatic heterocycles. The molecule has 0 amide bonds. The highest BCUT2D eigenvalue weighted by Gasteiger charge is 2.28. The molecular weight excluding hydrogens is 201 g/mol. The minimum Gasteiger partial charge on any atom is -0.464 e. The zero-order valence-electron chi connectivity index (χ0n) is 8.26. The molecule has 1 aromatic heterocycles. The predicted molar refractivity (Wildman–Crippen MR) is 50.7 cm³/mol. The van der Waals surface area contributed by atoms with Crippen molar-refractivity contribution in [2.24, 2.45) is 0 Å². The number of pyridine rings is 1.